The molecule has 0 unspecified atom stereocenters. The summed E-state index contributed by atoms with van der Waals surface area (Å²) in [6.45, 7) is 4.16. The number of amides is 2. The maximum absolute atomic E-state index is 13.3. The molecule has 0 spiro atoms. The van der Waals surface area contributed by atoms with Crippen molar-refractivity contribution in [3.05, 3.63) is 88.6 Å². The number of nitrogens with one attached hydrogen (secondary N) is 1. The number of carbonyl (C=O) groups excluding carboxylic acids is 2. The maximum atomic E-state index is 13.3. The first-order chi connectivity index (χ1) is 16.9. The van der Waals surface area contributed by atoms with Gasteiger partial charge < -0.3 is 14.6 Å². The van der Waals surface area contributed by atoms with E-state index in [9.17, 15) is 14.0 Å². The number of anilines is 1. The lowest BCUT2D eigenvalue weighted by atomic mass is 10.1. The lowest BCUT2D eigenvalue weighted by Crippen LogP contribution is -2.49. The molecule has 7 nitrogen and oxygen atoms in total. The lowest BCUT2D eigenvalue weighted by Gasteiger charge is -2.35. The van der Waals surface area contributed by atoms with Crippen molar-refractivity contribution in [1.29, 1.82) is 0 Å². The first kappa shape index (κ1) is 24.9. The van der Waals surface area contributed by atoms with Crippen LogP contribution in [0, 0.1) is 5.82 Å². The van der Waals surface area contributed by atoms with E-state index in [1.165, 1.54) is 17.0 Å². The fraction of sp³-hybridized carbons (Fsp3) is 0.308. The molecule has 184 valence electrons. The smallest absolute Gasteiger partial charge is 0.253 e. The summed E-state index contributed by atoms with van der Waals surface area (Å²) in [5, 5.41) is 3.26. The van der Waals surface area contributed by atoms with Gasteiger partial charge in [0.15, 0.2) is 0 Å². The van der Waals surface area contributed by atoms with E-state index < -0.39 is 0 Å². The third-order valence-electron chi connectivity index (χ3n) is 6.12. The molecular weight excluding hydrogens is 471 g/mol. The van der Waals surface area contributed by atoms with Gasteiger partial charge in [-0.3, -0.25) is 19.4 Å². The van der Waals surface area contributed by atoms with Gasteiger partial charge >= 0.3 is 0 Å². The predicted molar refractivity (Wildman–Crippen MR) is 133 cm³/mol. The van der Waals surface area contributed by atoms with Crippen LogP contribution in [0.25, 0.3) is 0 Å². The Labute approximate surface area is 209 Å². The molecule has 3 aromatic rings. The number of carbonyl (C=O) groups is 2. The van der Waals surface area contributed by atoms with Gasteiger partial charge in [0, 0.05) is 44.8 Å². The van der Waals surface area contributed by atoms with Crippen LogP contribution in [0.3, 0.4) is 0 Å². The molecule has 0 aliphatic carbocycles. The van der Waals surface area contributed by atoms with Crippen molar-refractivity contribution in [3.8, 4) is 0 Å². The van der Waals surface area contributed by atoms with Crippen LogP contribution in [-0.2, 0) is 17.9 Å². The molecule has 0 bridgehead atoms. The minimum Gasteiger partial charge on any atom is -0.467 e. The van der Waals surface area contributed by atoms with E-state index in [2.05, 4.69) is 15.1 Å². The molecule has 35 heavy (non-hydrogen) atoms. The van der Waals surface area contributed by atoms with Crippen LogP contribution in [0.1, 0.15) is 21.7 Å². The van der Waals surface area contributed by atoms with Crippen LogP contribution in [0.15, 0.2) is 65.3 Å². The second-order valence-corrected chi connectivity index (χ2v) is 8.93. The van der Waals surface area contributed by atoms with Crippen molar-refractivity contribution in [3.63, 3.8) is 0 Å². The Bertz CT molecular complexity index is 1160. The highest BCUT2D eigenvalue weighted by Gasteiger charge is 2.23. The summed E-state index contributed by atoms with van der Waals surface area (Å²) < 4.78 is 18.5. The summed E-state index contributed by atoms with van der Waals surface area (Å²) in [7, 11) is 1.69. The number of piperazine rings is 1. The number of hydrogen-bond acceptors (Lipinski definition) is 5. The zero-order chi connectivity index (χ0) is 24.8. The Morgan fingerprint density at radius 2 is 1.80 bits per heavy atom. The van der Waals surface area contributed by atoms with Crippen molar-refractivity contribution < 1.29 is 18.4 Å². The van der Waals surface area contributed by atoms with Gasteiger partial charge in [-0.2, -0.15) is 0 Å². The molecule has 1 aromatic heterocycles. The average molecular weight is 499 g/mol. The van der Waals surface area contributed by atoms with Gasteiger partial charge in [0.25, 0.3) is 5.91 Å². The molecule has 2 amide bonds. The second kappa shape index (κ2) is 11.5. The number of hydrogen-bond donors (Lipinski definition) is 1. The van der Waals surface area contributed by atoms with Gasteiger partial charge in [-0.25, -0.2) is 4.39 Å². The number of nitrogens with zero attached hydrogens (tertiary/aromatic N) is 3. The van der Waals surface area contributed by atoms with E-state index in [4.69, 9.17) is 16.0 Å². The molecule has 9 heteroatoms. The SMILES string of the molecule is CN(C(=O)CN1CCN(Cc2ccc(F)cc2Cl)CC1)c1ccccc1C(=O)NCc1ccco1. The molecule has 1 aliphatic rings. The lowest BCUT2D eigenvalue weighted by molar-refractivity contribution is -0.119. The van der Waals surface area contributed by atoms with E-state index in [1.54, 1.807) is 49.7 Å². The molecule has 1 fully saturated rings. The molecular formula is C26H28ClFN4O3. The van der Waals surface area contributed by atoms with Crippen LogP contribution in [-0.4, -0.2) is 61.4 Å². The third kappa shape index (κ3) is 6.48. The van der Waals surface area contributed by atoms with Crippen molar-refractivity contribution in [1.82, 2.24) is 15.1 Å². The zero-order valence-electron chi connectivity index (χ0n) is 19.5. The van der Waals surface area contributed by atoms with Gasteiger partial charge in [0.05, 0.1) is 30.6 Å². The zero-order valence-corrected chi connectivity index (χ0v) is 20.3. The van der Waals surface area contributed by atoms with Crippen molar-refractivity contribution >= 4 is 29.1 Å². The van der Waals surface area contributed by atoms with Gasteiger partial charge in [-0.15, -0.1) is 0 Å². The van der Waals surface area contributed by atoms with E-state index in [1.807, 2.05) is 6.07 Å². The molecule has 0 saturated carbocycles. The molecule has 0 atom stereocenters. The van der Waals surface area contributed by atoms with E-state index >= 15 is 0 Å². The van der Waals surface area contributed by atoms with Gasteiger partial charge in [-0.1, -0.05) is 29.8 Å². The molecule has 1 aliphatic heterocycles. The van der Waals surface area contributed by atoms with Crippen molar-refractivity contribution in [2.24, 2.45) is 0 Å². The van der Waals surface area contributed by atoms with Crippen LogP contribution in [0.4, 0.5) is 10.1 Å². The molecule has 1 N–H and O–H groups in total. The van der Waals surface area contributed by atoms with Gasteiger partial charge in [0.1, 0.15) is 11.6 Å². The van der Waals surface area contributed by atoms with E-state index in [0.717, 1.165) is 31.7 Å². The number of rotatable bonds is 8. The fourth-order valence-corrected chi connectivity index (χ4v) is 4.29. The monoisotopic (exact) mass is 498 g/mol. The molecule has 1 saturated heterocycles. The van der Waals surface area contributed by atoms with Crippen molar-refractivity contribution in [2.45, 2.75) is 13.1 Å². The summed E-state index contributed by atoms with van der Waals surface area (Å²) in [5.74, 6) is -0.0556. The van der Waals surface area contributed by atoms with E-state index in [0.29, 0.717) is 28.6 Å². The highest BCUT2D eigenvalue weighted by Crippen LogP contribution is 2.21. The summed E-state index contributed by atoms with van der Waals surface area (Å²) in [6, 6.07) is 15.1. The molecule has 2 heterocycles. The third-order valence-corrected chi connectivity index (χ3v) is 6.47. The molecule has 4 rings (SSSR count). The normalized spacial score (nSPS) is 14.6. The topological polar surface area (TPSA) is 69.0 Å². The fourth-order valence-electron chi connectivity index (χ4n) is 4.06. The van der Waals surface area contributed by atoms with Crippen LogP contribution >= 0.6 is 11.6 Å². The predicted octanol–water partition coefficient (Wildman–Crippen LogP) is 3.78. The number of furan rings is 1. The Kier molecular flexibility index (Phi) is 8.17. The molecule has 0 radical (unpaired) electrons. The van der Waals surface area contributed by atoms with Gasteiger partial charge in [-0.05, 0) is 42.0 Å². The average Bonchev–Trinajstić information content (AvgIpc) is 3.39. The Morgan fingerprint density at radius 3 is 2.51 bits per heavy atom. The summed E-state index contributed by atoms with van der Waals surface area (Å²) in [4.78, 5) is 31.7. The maximum Gasteiger partial charge on any atom is 0.253 e. The highest BCUT2D eigenvalue weighted by molar-refractivity contribution is 6.31. The Morgan fingerprint density at radius 1 is 1.06 bits per heavy atom. The van der Waals surface area contributed by atoms with Crippen LogP contribution in [0.2, 0.25) is 5.02 Å². The van der Waals surface area contributed by atoms with Crippen LogP contribution in [0.5, 0.6) is 0 Å². The van der Waals surface area contributed by atoms with Crippen molar-refractivity contribution in [2.75, 3.05) is 44.7 Å². The number of benzene rings is 2. The number of halogens is 2. The molecule has 2 aromatic carbocycles. The highest BCUT2D eigenvalue weighted by atomic mass is 35.5. The Hall–Kier alpha value is -3.20. The summed E-state index contributed by atoms with van der Waals surface area (Å²) in [5.41, 5.74) is 1.87. The minimum atomic E-state index is -0.345. The number of likely N-dealkylation sites (N-methyl/N-ethyl adjacent to an activating group) is 1. The first-order valence-corrected chi connectivity index (χ1v) is 11.8. The summed E-state index contributed by atoms with van der Waals surface area (Å²) >= 11 is 6.16. The number of para-hydroxylation sites is 1. The standard InChI is InChI=1S/C26H28ClFN4O3/c1-30(24-7-3-2-6-22(24)26(34)29-16-21-5-4-14-35-21)25(33)18-32-12-10-31(11-13-32)17-19-8-9-20(28)15-23(19)27/h2-9,14-15H,10-13,16-18H2,1H3,(H,29,34). The quantitative estimate of drug-likeness (QED) is 0.512. The van der Waals surface area contributed by atoms with Gasteiger partial charge in [0.2, 0.25) is 5.91 Å². The largest absolute Gasteiger partial charge is 0.467 e. The second-order valence-electron chi connectivity index (χ2n) is 8.52. The van der Waals surface area contributed by atoms with E-state index in [-0.39, 0.29) is 30.7 Å². The minimum absolute atomic E-state index is 0.0914. The summed E-state index contributed by atoms with van der Waals surface area (Å²) in [6.07, 6.45) is 1.56. The van der Waals surface area contributed by atoms with Crippen LogP contribution < -0.4 is 10.2 Å². The Balaban J connectivity index is 1.30. The first-order valence-electron chi connectivity index (χ1n) is 11.5.